The highest BCUT2D eigenvalue weighted by Gasteiger charge is 2.14. The van der Waals surface area contributed by atoms with Gasteiger partial charge in [0.05, 0.1) is 30.4 Å². The molecule has 5 heteroatoms. The summed E-state index contributed by atoms with van der Waals surface area (Å²) in [6.07, 6.45) is 3.73. The number of hydrogen-bond acceptors (Lipinski definition) is 5. The summed E-state index contributed by atoms with van der Waals surface area (Å²) in [5.41, 5.74) is 9.00. The van der Waals surface area contributed by atoms with E-state index >= 15 is 0 Å². The van der Waals surface area contributed by atoms with Crippen LogP contribution in [-0.4, -0.2) is 12.1 Å². The van der Waals surface area contributed by atoms with Crippen LogP contribution >= 0.6 is 0 Å². The first-order chi connectivity index (χ1) is 9.36. The fraction of sp³-hybridized carbons (Fsp3) is 0.0714. The van der Waals surface area contributed by atoms with Gasteiger partial charge in [0, 0.05) is 6.20 Å². The Hall–Kier alpha value is -2.53. The van der Waals surface area contributed by atoms with Crippen LogP contribution in [-0.2, 0) is 0 Å². The Labute approximate surface area is 111 Å². The lowest BCUT2D eigenvalue weighted by atomic mass is 10.3. The van der Waals surface area contributed by atoms with Crippen molar-refractivity contribution in [1.82, 2.24) is 15.9 Å². The van der Waals surface area contributed by atoms with Crippen LogP contribution in [0.1, 0.15) is 5.69 Å². The molecule has 0 bridgehead atoms. The summed E-state index contributed by atoms with van der Waals surface area (Å²) in [6.45, 7) is 0. The summed E-state index contributed by atoms with van der Waals surface area (Å²) >= 11 is 0. The quantitative estimate of drug-likeness (QED) is 0.876. The Kier molecular flexibility index (Phi) is 3.04. The number of hydrogen-bond donors (Lipinski definition) is 2. The summed E-state index contributed by atoms with van der Waals surface area (Å²) in [5.74, 6) is 0.838. The van der Waals surface area contributed by atoms with Crippen LogP contribution in [0, 0.1) is 0 Å². The number of ether oxygens (including phenoxy) is 1. The highest BCUT2D eigenvalue weighted by Crippen LogP contribution is 2.21. The van der Waals surface area contributed by atoms with Crippen molar-refractivity contribution in [2.45, 2.75) is 0 Å². The first-order valence-corrected chi connectivity index (χ1v) is 5.95. The van der Waals surface area contributed by atoms with E-state index in [2.05, 4.69) is 15.9 Å². The summed E-state index contributed by atoms with van der Waals surface area (Å²) in [7, 11) is 1.66. The zero-order valence-corrected chi connectivity index (χ0v) is 10.5. The molecule has 2 heterocycles. The highest BCUT2D eigenvalue weighted by atomic mass is 16.5. The molecule has 0 amide bonds. The number of pyridine rings is 1. The number of anilines is 1. The van der Waals surface area contributed by atoms with Gasteiger partial charge in [-0.25, -0.2) is 0 Å². The van der Waals surface area contributed by atoms with Gasteiger partial charge in [-0.05, 0) is 36.4 Å². The molecule has 1 aromatic heterocycles. The van der Waals surface area contributed by atoms with E-state index < -0.39 is 0 Å². The minimum atomic E-state index is 0.838. The van der Waals surface area contributed by atoms with E-state index in [0.717, 1.165) is 22.8 Å². The lowest BCUT2D eigenvalue weighted by Crippen LogP contribution is -2.36. The molecule has 0 radical (unpaired) electrons. The molecule has 0 aliphatic carbocycles. The van der Waals surface area contributed by atoms with E-state index in [1.54, 1.807) is 13.3 Å². The topological polar surface area (TPSA) is 49.4 Å². The third-order valence-electron chi connectivity index (χ3n) is 2.86. The van der Waals surface area contributed by atoms with Crippen LogP contribution in [0.4, 0.5) is 5.69 Å². The van der Waals surface area contributed by atoms with Crippen molar-refractivity contribution in [3.8, 4) is 5.75 Å². The average Bonchev–Trinajstić information content (AvgIpc) is 2.98. The maximum Gasteiger partial charge on any atom is 0.119 e. The van der Waals surface area contributed by atoms with Gasteiger partial charge < -0.3 is 4.74 Å². The van der Waals surface area contributed by atoms with Gasteiger partial charge in [0.25, 0.3) is 0 Å². The molecule has 1 aliphatic rings. The highest BCUT2D eigenvalue weighted by molar-refractivity contribution is 5.67. The monoisotopic (exact) mass is 254 g/mol. The van der Waals surface area contributed by atoms with Crippen molar-refractivity contribution >= 4 is 11.4 Å². The van der Waals surface area contributed by atoms with Gasteiger partial charge in [-0.1, -0.05) is 6.07 Å². The van der Waals surface area contributed by atoms with Gasteiger partial charge in [-0.15, -0.1) is 5.53 Å². The minimum Gasteiger partial charge on any atom is -0.497 e. The fourth-order valence-electron chi connectivity index (χ4n) is 1.85. The summed E-state index contributed by atoms with van der Waals surface area (Å²) in [5, 5.41) is 1.89. The smallest absolute Gasteiger partial charge is 0.119 e. The van der Waals surface area contributed by atoms with Crippen molar-refractivity contribution in [2.75, 3.05) is 12.1 Å². The van der Waals surface area contributed by atoms with Gasteiger partial charge in [0.15, 0.2) is 0 Å². The standard InChI is InChI=1S/C14H14N4O/c1-19-12-7-5-11(6-8-12)18-10-14(16-17-18)13-4-2-3-9-15-13/h2-10,16-17H,1H3. The summed E-state index contributed by atoms with van der Waals surface area (Å²) < 4.78 is 5.14. The maximum atomic E-state index is 5.14. The molecule has 96 valence electrons. The molecular weight excluding hydrogens is 240 g/mol. The number of nitrogens with one attached hydrogen (secondary N) is 2. The van der Waals surface area contributed by atoms with E-state index in [1.807, 2.05) is 53.7 Å². The molecule has 3 rings (SSSR count). The van der Waals surface area contributed by atoms with Crippen molar-refractivity contribution < 1.29 is 4.74 Å². The number of hydrazine groups is 2. The number of aromatic nitrogens is 1. The lowest BCUT2D eigenvalue weighted by Gasteiger charge is -2.15. The van der Waals surface area contributed by atoms with Crippen LogP contribution in [0.5, 0.6) is 5.75 Å². The van der Waals surface area contributed by atoms with E-state index in [4.69, 9.17) is 4.74 Å². The number of nitrogens with zero attached hydrogens (tertiary/aromatic N) is 2. The van der Waals surface area contributed by atoms with Crippen molar-refractivity contribution in [3.05, 3.63) is 60.6 Å². The van der Waals surface area contributed by atoms with Crippen LogP contribution < -0.4 is 20.7 Å². The normalized spacial score (nSPS) is 13.9. The molecule has 0 saturated carbocycles. The molecule has 1 aromatic carbocycles. The van der Waals surface area contributed by atoms with E-state index in [0.29, 0.717) is 0 Å². The van der Waals surface area contributed by atoms with Crippen molar-refractivity contribution in [3.63, 3.8) is 0 Å². The van der Waals surface area contributed by atoms with Gasteiger partial charge >= 0.3 is 0 Å². The second-order valence-electron chi connectivity index (χ2n) is 4.06. The van der Waals surface area contributed by atoms with E-state index in [-0.39, 0.29) is 0 Å². The molecule has 1 aliphatic heterocycles. The van der Waals surface area contributed by atoms with Gasteiger partial charge in [-0.3, -0.25) is 15.4 Å². The van der Waals surface area contributed by atoms with Gasteiger partial charge in [-0.2, -0.15) is 0 Å². The molecular formula is C14H14N4O. The maximum absolute atomic E-state index is 5.14. The Morgan fingerprint density at radius 3 is 2.63 bits per heavy atom. The predicted molar refractivity (Wildman–Crippen MR) is 74.0 cm³/mol. The zero-order chi connectivity index (χ0) is 13.1. The van der Waals surface area contributed by atoms with Crippen molar-refractivity contribution in [1.29, 1.82) is 0 Å². The first-order valence-electron chi connectivity index (χ1n) is 5.95. The largest absolute Gasteiger partial charge is 0.497 e. The Balaban J connectivity index is 1.82. The molecule has 0 fully saturated rings. The third-order valence-corrected chi connectivity index (χ3v) is 2.86. The fourth-order valence-corrected chi connectivity index (χ4v) is 1.85. The lowest BCUT2D eigenvalue weighted by molar-refractivity contribution is 0.415. The molecule has 2 N–H and O–H groups in total. The predicted octanol–water partition coefficient (Wildman–Crippen LogP) is 1.92. The van der Waals surface area contributed by atoms with Crippen molar-refractivity contribution in [2.24, 2.45) is 0 Å². The summed E-state index contributed by atoms with van der Waals surface area (Å²) in [4.78, 5) is 4.30. The number of methoxy groups -OCH3 is 1. The molecule has 0 unspecified atom stereocenters. The van der Waals surface area contributed by atoms with Crippen LogP contribution in [0.3, 0.4) is 0 Å². The molecule has 2 aromatic rings. The Morgan fingerprint density at radius 1 is 1.11 bits per heavy atom. The molecule has 5 nitrogen and oxygen atoms in total. The minimum absolute atomic E-state index is 0.838. The molecule has 0 atom stereocenters. The molecule has 0 spiro atoms. The zero-order valence-electron chi connectivity index (χ0n) is 10.5. The van der Waals surface area contributed by atoms with E-state index in [1.165, 1.54) is 0 Å². The van der Waals surface area contributed by atoms with Crippen LogP contribution in [0.25, 0.3) is 5.70 Å². The first kappa shape index (κ1) is 11.6. The van der Waals surface area contributed by atoms with Crippen LogP contribution in [0.15, 0.2) is 54.9 Å². The molecule has 19 heavy (non-hydrogen) atoms. The van der Waals surface area contributed by atoms with Crippen LogP contribution in [0.2, 0.25) is 0 Å². The third kappa shape index (κ3) is 2.36. The Bertz CT molecular complexity index is 580. The van der Waals surface area contributed by atoms with E-state index in [9.17, 15) is 0 Å². The molecule has 0 saturated heterocycles. The average molecular weight is 254 g/mol. The number of benzene rings is 1. The van der Waals surface area contributed by atoms with Gasteiger partial charge in [0.1, 0.15) is 5.75 Å². The Morgan fingerprint density at radius 2 is 1.95 bits per heavy atom. The SMILES string of the molecule is COc1ccc(N2C=C(c3ccccn3)NN2)cc1. The summed E-state index contributed by atoms with van der Waals surface area (Å²) in [6, 6.07) is 13.6. The second kappa shape index (κ2) is 4.99. The number of rotatable bonds is 3. The van der Waals surface area contributed by atoms with Gasteiger partial charge in [0.2, 0.25) is 0 Å². The second-order valence-corrected chi connectivity index (χ2v) is 4.06.